The molecule has 4 nitrogen and oxygen atoms in total. The second-order valence-electron chi connectivity index (χ2n) is 4.90. The van der Waals surface area contributed by atoms with E-state index in [2.05, 4.69) is 5.32 Å². The van der Waals surface area contributed by atoms with Gasteiger partial charge >= 0.3 is 5.97 Å². The van der Waals surface area contributed by atoms with E-state index >= 15 is 0 Å². The van der Waals surface area contributed by atoms with Crippen LogP contribution in [-0.2, 0) is 9.59 Å². The number of nitrogens with one attached hydrogen (secondary N) is 1. The molecule has 98 valence electrons. The summed E-state index contributed by atoms with van der Waals surface area (Å²) in [6.07, 6.45) is 6.34. The van der Waals surface area contributed by atoms with Gasteiger partial charge in [0.2, 0.25) is 5.91 Å². The van der Waals surface area contributed by atoms with Crippen LogP contribution in [0.3, 0.4) is 0 Å². The molecule has 0 bridgehead atoms. The lowest BCUT2D eigenvalue weighted by Gasteiger charge is -2.27. The number of hydrogen-bond acceptors (Lipinski definition) is 2. The Hall–Kier alpha value is -1.06. The normalized spacial score (nSPS) is 18.6. The van der Waals surface area contributed by atoms with Crippen LogP contribution < -0.4 is 5.32 Å². The Morgan fingerprint density at radius 3 is 2.47 bits per heavy atom. The molecule has 1 fully saturated rings. The first-order valence-corrected chi connectivity index (χ1v) is 6.64. The maximum Gasteiger partial charge on any atom is 0.307 e. The van der Waals surface area contributed by atoms with E-state index in [1.54, 1.807) is 0 Å². The maximum absolute atomic E-state index is 11.6. The molecular weight excluding hydrogens is 218 g/mol. The highest BCUT2D eigenvalue weighted by Crippen LogP contribution is 2.31. The highest BCUT2D eigenvalue weighted by Gasteiger charge is 2.30. The van der Waals surface area contributed by atoms with Gasteiger partial charge in [0.15, 0.2) is 0 Å². The molecule has 1 amide bonds. The van der Waals surface area contributed by atoms with E-state index in [1.807, 2.05) is 6.92 Å². The Balaban J connectivity index is 2.47. The van der Waals surface area contributed by atoms with Gasteiger partial charge in [0, 0.05) is 13.0 Å². The third-order valence-corrected chi connectivity index (χ3v) is 3.51. The van der Waals surface area contributed by atoms with Gasteiger partial charge < -0.3 is 10.4 Å². The molecule has 1 saturated carbocycles. The summed E-state index contributed by atoms with van der Waals surface area (Å²) in [5.74, 6) is -1.24. The summed E-state index contributed by atoms with van der Waals surface area (Å²) in [5, 5.41) is 12.0. The fraction of sp³-hybridized carbons (Fsp3) is 0.846. The zero-order valence-electron chi connectivity index (χ0n) is 10.6. The van der Waals surface area contributed by atoms with Crippen LogP contribution in [0.2, 0.25) is 0 Å². The molecule has 0 aromatic heterocycles. The van der Waals surface area contributed by atoms with Crippen molar-refractivity contribution in [3.63, 3.8) is 0 Å². The summed E-state index contributed by atoms with van der Waals surface area (Å²) in [6.45, 7) is 2.62. The van der Waals surface area contributed by atoms with Gasteiger partial charge in [-0.25, -0.2) is 0 Å². The van der Waals surface area contributed by atoms with Crippen LogP contribution in [0.15, 0.2) is 0 Å². The van der Waals surface area contributed by atoms with Crippen molar-refractivity contribution in [2.45, 2.75) is 51.9 Å². The average molecular weight is 241 g/mol. The molecule has 2 N–H and O–H groups in total. The van der Waals surface area contributed by atoms with E-state index in [-0.39, 0.29) is 18.2 Å². The SMILES string of the molecule is CCCNC(=O)CC(C(=O)O)C1CCCCC1. The Bertz CT molecular complexity index is 259. The second-order valence-corrected chi connectivity index (χ2v) is 4.90. The molecule has 1 rings (SSSR count). The van der Waals surface area contributed by atoms with Gasteiger partial charge in [0.05, 0.1) is 5.92 Å². The molecule has 0 aromatic rings. The first-order valence-electron chi connectivity index (χ1n) is 6.64. The molecule has 1 unspecified atom stereocenters. The van der Waals surface area contributed by atoms with Crippen molar-refractivity contribution in [1.29, 1.82) is 0 Å². The lowest BCUT2D eigenvalue weighted by molar-refractivity contribution is -0.146. The minimum absolute atomic E-state index is 0.121. The van der Waals surface area contributed by atoms with Crippen molar-refractivity contribution < 1.29 is 14.7 Å². The van der Waals surface area contributed by atoms with Crippen molar-refractivity contribution >= 4 is 11.9 Å². The van der Waals surface area contributed by atoms with Crippen molar-refractivity contribution in [3.8, 4) is 0 Å². The second kappa shape index (κ2) is 7.30. The molecule has 0 radical (unpaired) electrons. The minimum atomic E-state index is -0.816. The van der Waals surface area contributed by atoms with E-state index in [9.17, 15) is 14.7 Å². The summed E-state index contributed by atoms with van der Waals surface area (Å²) >= 11 is 0. The summed E-state index contributed by atoms with van der Waals surface area (Å²) in [4.78, 5) is 22.8. The number of aliphatic carboxylic acids is 1. The molecule has 0 heterocycles. The van der Waals surface area contributed by atoms with E-state index in [0.29, 0.717) is 6.54 Å². The average Bonchev–Trinajstić information content (AvgIpc) is 2.34. The highest BCUT2D eigenvalue weighted by molar-refractivity contribution is 5.82. The van der Waals surface area contributed by atoms with Crippen LogP contribution in [0.25, 0.3) is 0 Å². The molecule has 0 saturated heterocycles. The molecule has 4 heteroatoms. The first-order chi connectivity index (χ1) is 8.15. The fourth-order valence-electron chi connectivity index (χ4n) is 2.53. The third kappa shape index (κ3) is 4.75. The molecule has 1 atom stereocenters. The van der Waals surface area contributed by atoms with Crippen molar-refractivity contribution in [3.05, 3.63) is 0 Å². The molecule has 0 spiro atoms. The Morgan fingerprint density at radius 2 is 1.94 bits per heavy atom. The van der Waals surface area contributed by atoms with Crippen LogP contribution in [0.4, 0.5) is 0 Å². The summed E-state index contributed by atoms with van der Waals surface area (Å²) in [6, 6.07) is 0. The van der Waals surface area contributed by atoms with Gasteiger partial charge in [-0.05, 0) is 25.2 Å². The van der Waals surface area contributed by atoms with Gasteiger partial charge in [0.25, 0.3) is 0 Å². The zero-order valence-corrected chi connectivity index (χ0v) is 10.6. The minimum Gasteiger partial charge on any atom is -0.481 e. The van der Waals surface area contributed by atoms with Crippen LogP contribution in [0, 0.1) is 11.8 Å². The van der Waals surface area contributed by atoms with Crippen molar-refractivity contribution in [2.24, 2.45) is 11.8 Å². The first kappa shape index (κ1) is 14.0. The number of carboxylic acids is 1. The predicted molar refractivity (Wildman–Crippen MR) is 65.6 cm³/mol. The van der Waals surface area contributed by atoms with E-state index in [0.717, 1.165) is 32.1 Å². The Morgan fingerprint density at radius 1 is 1.29 bits per heavy atom. The van der Waals surface area contributed by atoms with Crippen molar-refractivity contribution in [1.82, 2.24) is 5.32 Å². The van der Waals surface area contributed by atoms with Gasteiger partial charge in [-0.15, -0.1) is 0 Å². The Labute approximate surface area is 103 Å². The van der Waals surface area contributed by atoms with Gasteiger partial charge in [-0.1, -0.05) is 26.2 Å². The van der Waals surface area contributed by atoms with Crippen LogP contribution >= 0.6 is 0 Å². The third-order valence-electron chi connectivity index (χ3n) is 3.51. The topological polar surface area (TPSA) is 66.4 Å². The number of hydrogen-bond donors (Lipinski definition) is 2. The maximum atomic E-state index is 11.6. The lowest BCUT2D eigenvalue weighted by Crippen LogP contribution is -2.33. The van der Waals surface area contributed by atoms with Crippen LogP contribution in [-0.4, -0.2) is 23.5 Å². The number of carbonyl (C=O) groups is 2. The van der Waals surface area contributed by atoms with E-state index in [4.69, 9.17) is 0 Å². The highest BCUT2D eigenvalue weighted by atomic mass is 16.4. The fourth-order valence-corrected chi connectivity index (χ4v) is 2.53. The predicted octanol–water partition coefficient (Wildman–Crippen LogP) is 2.18. The lowest BCUT2D eigenvalue weighted by atomic mass is 9.78. The van der Waals surface area contributed by atoms with Gasteiger partial charge in [0.1, 0.15) is 0 Å². The molecule has 0 aromatic carbocycles. The van der Waals surface area contributed by atoms with Crippen LogP contribution in [0.1, 0.15) is 51.9 Å². The quantitative estimate of drug-likeness (QED) is 0.749. The summed E-state index contributed by atoms with van der Waals surface area (Å²) < 4.78 is 0. The largest absolute Gasteiger partial charge is 0.481 e. The smallest absolute Gasteiger partial charge is 0.307 e. The molecule has 1 aliphatic rings. The number of rotatable bonds is 6. The van der Waals surface area contributed by atoms with Crippen molar-refractivity contribution in [2.75, 3.05) is 6.54 Å². The zero-order chi connectivity index (χ0) is 12.7. The van der Waals surface area contributed by atoms with E-state index < -0.39 is 11.9 Å². The monoisotopic (exact) mass is 241 g/mol. The van der Waals surface area contributed by atoms with E-state index in [1.165, 1.54) is 6.42 Å². The molecule has 1 aliphatic carbocycles. The molecule has 0 aliphatic heterocycles. The van der Waals surface area contributed by atoms with Gasteiger partial charge in [-0.2, -0.15) is 0 Å². The standard InChI is InChI=1S/C13H23NO3/c1-2-8-14-12(15)9-11(13(16)17)10-6-4-3-5-7-10/h10-11H,2-9H2,1H3,(H,14,15)(H,16,17). The van der Waals surface area contributed by atoms with Gasteiger partial charge in [-0.3, -0.25) is 9.59 Å². The number of amides is 1. The summed E-state index contributed by atoms with van der Waals surface area (Å²) in [7, 11) is 0. The number of carbonyl (C=O) groups excluding carboxylic acids is 1. The molecular formula is C13H23NO3. The summed E-state index contributed by atoms with van der Waals surface area (Å²) in [5.41, 5.74) is 0. The molecule has 17 heavy (non-hydrogen) atoms. The Kier molecular flexibility index (Phi) is 6.01. The van der Waals surface area contributed by atoms with Crippen LogP contribution in [0.5, 0.6) is 0 Å². The number of carboxylic acid groups (broad SMARTS) is 1.